The van der Waals surface area contributed by atoms with E-state index < -0.39 is 5.95 Å². The number of likely N-dealkylation sites (N-methyl/N-ethyl adjacent to an activating group) is 1. The van der Waals surface area contributed by atoms with E-state index in [0.717, 1.165) is 12.5 Å². The van der Waals surface area contributed by atoms with E-state index >= 15 is 0 Å². The van der Waals surface area contributed by atoms with Gasteiger partial charge in [-0.2, -0.15) is 4.39 Å². The van der Waals surface area contributed by atoms with Crippen LogP contribution >= 0.6 is 0 Å². The van der Waals surface area contributed by atoms with Crippen LogP contribution in [0.25, 0.3) is 22.3 Å². The van der Waals surface area contributed by atoms with Gasteiger partial charge < -0.3 is 9.88 Å². The first-order valence-electron chi connectivity index (χ1n) is 12.7. The van der Waals surface area contributed by atoms with E-state index in [1.807, 2.05) is 32.8 Å². The number of aromatic nitrogens is 5. The van der Waals surface area contributed by atoms with Crippen molar-refractivity contribution in [2.24, 2.45) is 0 Å². The molecule has 0 aliphatic heterocycles. The number of carbonyl (C=O) groups excluding carboxylic acids is 1. The molecule has 200 valence electrons. The summed E-state index contributed by atoms with van der Waals surface area (Å²) in [4.78, 5) is 54.1. The molecule has 0 aromatic carbocycles. The number of carbonyl (C=O) groups is 1. The highest BCUT2D eigenvalue weighted by molar-refractivity contribution is 6.05. The third-order valence-electron chi connectivity index (χ3n) is 6.23. The molecule has 0 radical (unpaired) electrons. The Balaban J connectivity index is 1.72. The maximum Gasteiger partial charge on any atom is 0.331 e. The van der Waals surface area contributed by atoms with Crippen LogP contribution in [0.5, 0.6) is 0 Å². The van der Waals surface area contributed by atoms with E-state index in [0.29, 0.717) is 60.7 Å². The molecule has 0 unspecified atom stereocenters. The fourth-order valence-electron chi connectivity index (χ4n) is 4.29. The van der Waals surface area contributed by atoms with Crippen LogP contribution in [0.2, 0.25) is 0 Å². The number of rotatable bonds is 10. The van der Waals surface area contributed by atoms with Crippen molar-refractivity contribution in [1.82, 2.24) is 29.0 Å². The number of anilines is 1. The van der Waals surface area contributed by atoms with Gasteiger partial charge in [0.25, 0.3) is 11.5 Å². The van der Waals surface area contributed by atoms with Crippen LogP contribution in [0, 0.1) is 5.95 Å². The van der Waals surface area contributed by atoms with Gasteiger partial charge in [-0.1, -0.05) is 13.8 Å². The van der Waals surface area contributed by atoms with Gasteiger partial charge in [0.05, 0.1) is 11.1 Å². The quantitative estimate of drug-likeness (QED) is 0.321. The standard InChI is InChI=1S/C27H32FN7O3/c1-5-11-33-21-15-20(31-24(21)26(37)35(12-6-2)27(33)38)18-8-10-23(30-16-18)34(14-13-32(3)4)25(36)19-7-9-22(28)29-17-19/h7-10,15-17,31H,5-6,11-14H2,1-4H3. The minimum absolute atomic E-state index is 0.254. The van der Waals surface area contributed by atoms with Crippen molar-refractivity contribution < 1.29 is 9.18 Å². The van der Waals surface area contributed by atoms with Crippen molar-refractivity contribution in [2.45, 2.75) is 39.8 Å². The monoisotopic (exact) mass is 521 g/mol. The van der Waals surface area contributed by atoms with Crippen molar-refractivity contribution >= 4 is 22.8 Å². The third kappa shape index (κ3) is 5.42. The Morgan fingerprint density at radius 2 is 1.71 bits per heavy atom. The largest absolute Gasteiger partial charge is 0.349 e. The molecule has 0 saturated heterocycles. The number of hydrogen-bond donors (Lipinski definition) is 1. The van der Waals surface area contributed by atoms with Crippen LogP contribution in [-0.4, -0.2) is 62.1 Å². The summed E-state index contributed by atoms with van der Waals surface area (Å²) in [5.74, 6) is -0.576. The van der Waals surface area contributed by atoms with Crippen LogP contribution in [0.1, 0.15) is 37.0 Å². The molecule has 4 heterocycles. The topological polar surface area (TPSA) is 109 Å². The zero-order chi connectivity index (χ0) is 27.4. The van der Waals surface area contributed by atoms with Gasteiger partial charge in [-0.3, -0.25) is 23.6 Å². The Morgan fingerprint density at radius 1 is 0.974 bits per heavy atom. The predicted molar refractivity (Wildman–Crippen MR) is 145 cm³/mol. The molecule has 0 spiro atoms. The number of nitrogens with one attached hydrogen (secondary N) is 1. The molecule has 0 saturated carbocycles. The molecule has 0 bridgehead atoms. The number of aromatic amines is 1. The number of aryl methyl sites for hydroxylation is 1. The molecule has 1 N–H and O–H groups in total. The Morgan fingerprint density at radius 3 is 2.32 bits per heavy atom. The Kier molecular flexibility index (Phi) is 8.16. The van der Waals surface area contributed by atoms with Crippen molar-refractivity contribution in [3.63, 3.8) is 0 Å². The highest BCUT2D eigenvalue weighted by Crippen LogP contribution is 2.24. The van der Waals surface area contributed by atoms with E-state index in [-0.39, 0.29) is 22.7 Å². The average Bonchev–Trinajstić information content (AvgIpc) is 3.35. The van der Waals surface area contributed by atoms with Crippen molar-refractivity contribution in [2.75, 3.05) is 32.1 Å². The van der Waals surface area contributed by atoms with Gasteiger partial charge >= 0.3 is 5.69 Å². The number of hydrogen-bond acceptors (Lipinski definition) is 6. The molecule has 11 heteroatoms. The van der Waals surface area contributed by atoms with E-state index in [4.69, 9.17) is 0 Å². The van der Waals surface area contributed by atoms with Crippen LogP contribution in [0.3, 0.4) is 0 Å². The normalized spacial score (nSPS) is 11.4. The summed E-state index contributed by atoms with van der Waals surface area (Å²) in [5.41, 5.74) is 1.87. The zero-order valence-corrected chi connectivity index (χ0v) is 22.1. The number of fused-ring (bicyclic) bond motifs is 1. The molecule has 0 aliphatic carbocycles. The summed E-state index contributed by atoms with van der Waals surface area (Å²) in [6.07, 6.45) is 4.24. The molecule has 10 nitrogen and oxygen atoms in total. The SMILES string of the molecule is CCCn1c(=O)c2[nH]c(-c3ccc(N(CCN(C)C)C(=O)c4ccc(F)nc4)nc3)cc2n(CCC)c1=O. The lowest BCUT2D eigenvalue weighted by Gasteiger charge is -2.23. The van der Waals surface area contributed by atoms with Crippen molar-refractivity contribution in [1.29, 1.82) is 0 Å². The number of halogens is 1. The Hall–Kier alpha value is -4.12. The van der Waals surface area contributed by atoms with Crippen LogP contribution in [0.4, 0.5) is 10.2 Å². The second-order valence-corrected chi connectivity index (χ2v) is 9.37. The van der Waals surface area contributed by atoms with E-state index in [2.05, 4.69) is 15.0 Å². The van der Waals surface area contributed by atoms with Crippen molar-refractivity contribution in [3.8, 4) is 11.3 Å². The molecule has 4 aromatic rings. The lowest BCUT2D eigenvalue weighted by molar-refractivity contribution is 0.0984. The van der Waals surface area contributed by atoms with Gasteiger partial charge in [0.2, 0.25) is 5.95 Å². The Bertz CT molecular complexity index is 1540. The minimum Gasteiger partial charge on any atom is -0.349 e. The first kappa shape index (κ1) is 26.9. The second kappa shape index (κ2) is 11.5. The van der Waals surface area contributed by atoms with Gasteiger partial charge in [-0.15, -0.1) is 0 Å². The first-order chi connectivity index (χ1) is 18.2. The first-order valence-corrected chi connectivity index (χ1v) is 12.7. The molecule has 4 rings (SSSR count). The molecule has 0 fully saturated rings. The van der Waals surface area contributed by atoms with E-state index in [1.165, 1.54) is 21.7 Å². The predicted octanol–water partition coefficient (Wildman–Crippen LogP) is 3.12. The summed E-state index contributed by atoms with van der Waals surface area (Å²) in [6.45, 7) is 5.70. The molecule has 4 aromatic heterocycles. The number of pyridine rings is 2. The number of amides is 1. The van der Waals surface area contributed by atoms with Gasteiger partial charge in [0, 0.05) is 49.8 Å². The molecular formula is C27H32FN7O3. The fourth-order valence-corrected chi connectivity index (χ4v) is 4.29. The number of H-pyrrole nitrogens is 1. The summed E-state index contributed by atoms with van der Waals surface area (Å²) in [6, 6.07) is 7.86. The summed E-state index contributed by atoms with van der Waals surface area (Å²) >= 11 is 0. The van der Waals surface area contributed by atoms with Gasteiger partial charge in [0.15, 0.2) is 0 Å². The highest BCUT2D eigenvalue weighted by Gasteiger charge is 2.21. The highest BCUT2D eigenvalue weighted by atomic mass is 19.1. The zero-order valence-electron chi connectivity index (χ0n) is 22.1. The van der Waals surface area contributed by atoms with Crippen LogP contribution in [0.15, 0.2) is 52.3 Å². The second-order valence-electron chi connectivity index (χ2n) is 9.37. The van der Waals surface area contributed by atoms with Crippen LogP contribution < -0.4 is 16.1 Å². The minimum atomic E-state index is -0.659. The molecule has 0 atom stereocenters. The maximum absolute atomic E-state index is 13.3. The molecular weight excluding hydrogens is 489 g/mol. The van der Waals surface area contributed by atoms with Gasteiger partial charge in [-0.25, -0.2) is 14.8 Å². The molecule has 1 amide bonds. The lowest BCUT2D eigenvalue weighted by Crippen LogP contribution is -2.39. The third-order valence-corrected chi connectivity index (χ3v) is 6.23. The summed E-state index contributed by atoms with van der Waals surface area (Å²) < 4.78 is 16.2. The van der Waals surface area contributed by atoms with Crippen molar-refractivity contribution in [3.05, 3.63) is 75.1 Å². The number of nitrogens with zero attached hydrogens (tertiary/aromatic N) is 6. The average molecular weight is 522 g/mol. The van der Waals surface area contributed by atoms with E-state index in [1.54, 1.807) is 29.0 Å². The smallest absolute Gasteiger partial charge is 0.331 e. The fraction of sp³-hybridized carbons (Fsp3) is 0.370. The van der Waals surface area contributed by atoms with E-state index in [9.17, 15) is 18.8 Å². The maximum atomic E-state index is 13.3. The summed E-state index contributed by atoms with van der Waals surface area (Å²) in [7, 11) is 3.81. The van der Waals surface area contributed by atoms with Gasteiger partial charge in [0.1, 0.15) is 11.3 Å². The Labute approximate surface area is 219 Å². The molecule has 0 aliphatic rings. The lowest BCUT2D eigenvalue weighted by atomic mass is 10.2. The summed E-state index contributed by atoms with van der Waals surface area (Å²) in [5, 5.41) is 0. The van der Waals surface area contributed by atoms with Crippen LogP contribution in [-0.2, 0) is 13.1 Å². The molecule has 38 heavy (non-hydrogen) atoms. The van der Waals surface area contributed by atoms with Gasteiger partial charge in [-0.05, 0) is 57.3 Å².